The van der Waals surface area contributed by atoms with Crippen molar-refractivity contribution in [3.05, 3.63) is 44.5 Å². The van der Waals surface area contributed by atoms with Crippen LogP contribution in [0.1, 0.15) is 55.2 Å². The predicted octanol–water partition coefficient (Wildman–Crippen LogP) is 4.26. The minimum absolute atomic E-state index is 0.0695. The fourth-order valence-electron chi connectivity index (χ4n) is 4.31. The molecule has 8 heteroatoms. The molecule has 0 N–H and O–H groups in total. The molecule has 3 heterocycles. The molecule has 27 heavy (non-hydrogen) atoms. The van der Waals surface area contributed by atoms with E-state index in [1.54, 1.807) is 6.92 Å². The highest BCUT2D eigenvalue weighted by molar-refractivity contribution is 6.33. The van der Waals surface area contributed by atoms with Crippen LogP contribution in [-0.4, -0.2) is 32.8 Å². The number of benzene rings is 1. The zero-order chi connectivity index (χ0) is 19.0. The molecule has 0 bridgehead atoms. The van der Waals surface area contributed by atoms with Crippen LogP contribution in [0.5, 0.6) is 0 Å². The van der Waals surface area contributed by atoms with E-state index in [2.05, 4.69) is 19.7 Å². The first-order valence-electron chi connectivity index (χ1n) is 9.66. The largest absolute Gasteiger partial charge is 0.370 e. The Morgan fingerprint density at radius 1 is 1.19 bits per heavy atom. The molecule has 1 saturated heterocycles. The molecule has 0 amide bonds. The number of rotatable bonds is 3. The normalized spacial score (nSPS) is 20.2. The van der Waals surface area contributed by atoms with E-state index in [0.717, 1.165) is 56.2 Å². The molecule has 4 rings (SSSR count). The van der Waals surface area contributed by atoms with Gasteiger partial charge in [0.15, 0.2) is 0 Å². The summed E-state index contributed by atoms with van der Waals surface area (Å²) >= 11 is 6.41. The topological polar surface area (TPSA) is 77.1 Å². The Hall–Kier alpha value is -2.15. The second kappa shape index (κ2) is 7.46. The highest BCUT2D eigenvalue weighted by atomic mass is 35.5. The molecule has 2 aliphatic heterocycles. The van der Waals surface area contributed by atoms with Gasteiger partial charge in [0.05, 0.1) is 15.6 Å². The van der Waals surface area contributed by atoms with Crippen LogP contribution in [0.2, 0.25) is 5.02 Å². The molecule has 0 saturated carbocycles. The van der Waals surface area contributed by atoms with Gasteiger partial charge in [0.2, 0.25) is 0 Å². The standard InChI is InChI=1S/C19H24ClN5O2/c1-13-10-17(15(20)11-16(13)25(26)27)23-8-5-6-14(12-23)19-22-21-18-7-3-2-4-9-24(18)19/h10-11,14H,2-9,12H2,1H3/t14-/m1/s1. The summed E-state index contributed by atoms with van der Waals surface area (Å²) in [6.07, 6.45) is 6.75. The molecule has 2 aromatic rings. The first kappa shape index (κ1) is 18.2. The molecular formula is C19H24ClN5O2. The number of hydrogen-bond acceptors (Lipinski definition) is 5. The van der Waals surface area contributed by atoms with Crippen LogP contribution in [0.4, 0.5) is 11.4 Å². The second-order valence-corrected chi connectivity index (χ2v) is 7.98. The quantitative estimate of drug-likeness (QED) is 0.579. The number of hydrogen-bond donors (Lipinski definition) is 0. The van der Waals surface area contributed by atoms with E-state index < -0.39 is 0 Å². The molecule has 0 aliphatic carbocycles. The minimum atomic E-state index is -0.379. The average molecular weight is 390 g/mol. The van der Waals surface area contributed by atoms with Crippen LogP contribution < -0.4 is 4.90 Å². The number of nitrogens with zero attached hydrogens (tertiary/aromatic N) is 5. The van der Waals surface area contributed by atoms with E-state index in [0.29, 0.717) is 16.5 Å². The molecule has 1 aromatic carbocycles. The van der Waals surface area contributed by atoms with Crippen molar-refractivity contribution < 1.29 is 4.92 Å². The van der Waals surface area contributed by atoms with E-state index in [9.17, 15) is 10.1 Å². The van der Waals surface area contributed by atoms with Crippen LogP contribution in [-0.2, 0) is 13.0 Å². The Morgan fingerprint density at radius 2 is 2.04 bits per heavy atom. The van der Waals surface area contributed by atoms with Crippen molar-refractivity contribution in [2.45, 2.75) is 57.9 Å². The average Bonchev–Trinajstić information content (AvgIpc) is 2.91. The Bertz CT molecular complexity index is 866. The number of nitro groups is 1. The van der Waals surface area contributed by atoms with E-state index in [-0.39, 0.29) is 10.6 Å². The van der Waals surface area contributed by atoms with Gasteiger partial charge in [-0.1, -0.05) is 18.0 Å². The van der Waals surface area contributed by atoms with Crippen LogP contribution in [0, 0.1) is 17.0 Å². The first-order chi connectivity index (χ1) is 13.0. The molecule has 144 valence electrons. The zero-order valence-electron chi connectivity index (χ0n) is 15.5. The highest BCUT2D eigenvalue weighted by Gasteiger charge is 2.29. The van der Waals surface area contributed by atoms with Gasteiger partial charge in [-0.05, 0) is 38.7 Å². The number of aromatic nitrogens is 3. The van der Waals surface area contributed by atoms with Gasteiger partial charge in [0, 0.05) is 43.6 Å². The van der Waals surface area contributed by atoms with Crippen molar-refractivity contribution in [3.8, 4) is 0 Å². The summed E-state index contributed by atoms with van der Waals surface area (Å²) in [6, 6.07) is 3.31. The number of aryl methyl sites for hydroxylation is 2. The molecule has 0 radical (unpaired) electrons. The van der Waals surface area contributed by atoms with Gasteiger partial charge < -0.3 is 9.47 Å². The number of halogens is 1. The van der Waals surface area contributed by atoms with Crippen LogP contribution in [0.3, 0.4) is 0 Å². The van der Waals surface area contributed by atoms with Crippen molar-refractivity contribution >= 4 is 23.0 Å². The van der Waals surface area contributed by atoms with E-state index in [1.165, 1.54) is 25.3 Å². The number of anilines is 1. The Balaban J connectivity index is 1.60. The van der Waals surface area contributed by atoms with Crippen molar-refractivity contribution in [1.29, 1.82) is 0 Å². The van der Waals surface area contributed by atoms with E-state index in [4.69, 9.17) is 11.6 Å². The van der Waals surface area contributed by atoms with Crippen molar-refractivity contribution in [2.75, 3.05) is 18.0 Å². The molecular weight excluding hydrogens is 366 g/mol. The fourth-order valence-corrected chi connectivity index (χ4v) is 4.59. The summed E-state index contributed by atoms with van der Waals surface area (Å²) in [6.45, 7) is 4.48. The van der Waals surface area contributed by atoms with E-state index in [1.807, 2.05) is 6.07 Å². The molecule has 7 nitrogen and oxygen atoms in total. The lowest BCUT2D eigenvalue weighted by molar-refractivity contribution is -0.385. The van der Waals surface area contributed by atoms with Gasteiger partial charge in [-0.3, -0.25) is 10.1 Å². The fraction of sp³-hybridized carbons (Fsp3) is 0.579. The lowest BCUT2D eigenvalue weighted by Crippen LogP contribution is -2.35. The number of fused-ring (bicyclic) bond motifs is 1. The second-order valence-electron chi connectivity index (χ2n) is 7.57. The summed E-state index contributed by atoms with van der Waals surface area (Å²) in [5.74, 6) is 2.51. The maximum atomic E-state index is 11.1. The van der Waals surface area contributed by atoms with Crippen molar-refractivity contribution in [3.63, 3.8) is 0 Å². The van der Waals surface area contributed by atoms with Gasteiger partial charge in [0.25, 0.3) is 5.69 Å². The van der Waals surface area contributed by atoms with Gasteiger partial charge in [0.1, 0.15) is 11.6 Å². The Morgan fingerprint density at radius 3 is 2.85 bits per heavy atom. The molecule has 0 spiro atoms. The maximum absolute atomic E-state index is 11.1. The minimum Gasteiger partial charge on any atom is -0.370 e. The Kier molecular flexibility index (Phi) is 5.04. The lowest BCUT2D eigenvalue weighted by Gasteiger charge is -2.34. The summed E-state index contributed by atoms with van der Waals surface area (Å²) in [7, 11) is 0. The third kappa shape index (κ3) is 3.52. The molecule has 1 fully saturated rings. The monoisotopic (exact) mass is 389 g/mol. The molecule has 1 atom stereocenters. The third-order valence-corrected chi connectivity index (χ3v) is 6.03. The SMILES string of the molecule is Cc1cc(N2CCC[C@@H](c3nnc4n3CCCCC4)C2)c(Cl)cc1[N+](=O)[O-]. The summed E-state index contributed by atoms with van der Waals surface area (Å²) < 4.78 is 2.32. The number of nitro benzene ring substituents is 1. The van der Waals surface area contributed by atoms with Crippen LogP contribution in [0.15, 0.2) is 12.1 Å². The summed E-state index contributed by atoms with van der Waals surface area (Å²) in [4.78, 5) is 13.0. The number of piperidine rings is 1. The maximum Gasteiger partial charge on any atom is 0.273 e. The van der Waals surface area contributed by atoms with Gasteiger partial charge >= 0.3 is 0 Å². The molecule has 0 unspecified atom stereocenters. The van der Waals surface area contributed by atoms with Crippen molar-refractivity contribution in [1.82, 2.24) is 14.8 Å². The Labute approximate surface area is 163 Å². The van der Waals surface area contributed by atoms with Gasteiger partial charge in [-0.2, -0.15) is 0 Å². The smallest absolute Gasteiger partial charge is 0.273 e. The van der Waals surface area contributed by atoms with Gasteiger partial charge in [-0.25, -0.2) is 0 Å². The summed E-state index contributed by atoms with van der Waals surface area (Å²) in [5, 5.41) is 20.6. The molecule has 2 aliphatic rings. The lowest BCUT2D eigenvalue weighted by atomic mass is 9.96. The van der Waals surface area contributed by atoms with Gasteiger partial charge in [-0.15, -0.1) is 10.2 Å². The first-order valence-corrected chi connectivity index (χ1v) is 10.0. The van der Waals surface area contributed by atoms with Crippen LogP contribution >= 0.6 is 11.6 Å². The highest BCUT2D eigenvalue weighted by Crippen LogP contribution is 2.37. The zero-order valence-corrected chi connectivity index (χ0v) is 16.3. The molecule has 1 aromatic heterocycles. The predicted molar refractivity (Wildman–Crippen MR) is 105 cm³/mol. The third-order valence-electron chi connectivity index (χ3n) is 5.73. The van der Waals surface area contributed by atoms with Crippen molar-refractivity contribution in [2.24, 2.45) is 0 Å². The summed E-state index contributed by atoms with van der Waals surface area (Å²) in [5.41, 5.74) is 1.58. The van der Waals surface area contributed by atoms with E-state index >= 15 is 0 Å². The van der Waals surface area contributed by atoms with Crippen LogP contribution in [0.25, 0.3) is 0 Å².